The number of rotatable bonds is 9. The van der Waals surface area contributed by atoms with Gasteiger partial charge in [0, 0.05) is 29.5 Å². The average molecular weight is 494 g/mol. The molecule has 0 saturated heterocycles. The van der Waals surface area contributed by atoms with Crippen LogP contribution in [-0.2, 0) is 17.8 Å². The van der Waals surface area contributed by atoms with Crippen LogP contribution in [0.2, 0.25) is 0 Å². The number of hydrogen-bond acceptors (Lipinski definition) is 3. The Morgan fingerprint density at radius 1 is 0.730 bits per heavy atom. The largest absolute Gasteiger partial charge is 0.352 e. The second-order valence-electron chi connectivity index (χ2n) is 8.71. The predicted molar refractivity (Wildman–Crippen MR) is 143 cm³/mol. The molecule has 3 N–H and O–H groups in total. The van der Waals surface area contributed by atoms with E-state index >= 15 is 0 Å². The normalized spacial score (nSPS) is 10.4. The maximum absolute atomic E-state index is 12.7. The molecule has 3 amide bonds. The van der Waals surface area contributed by atoms with Crippen molar-refractivity contribution in [2.45, 2.75) is 19.9 Å². The molecule has 0 aliphatic heterocycles. The molecule has 7 heteroatoms. The van der Waals surface area contributed by atoms with E-state index < -0.39 is 0 Å². The highest BCUT2D eigenvalue weighted by molar-refractivity contribution is 6.04. The van der Waals surface area contributed by atoms with Crippen LogP contribution in [0.15, 0.2) is 103 Å². The van der Waals surface area contributed by atoms with Gasteiger partial charge in [-0.25, -0.2) is 0 Å². The number of amides is 3. The molecule has 0 saturated carbocycles. The van der Waals surface area contributed by atoms with Crippen LogP contribution in [0.4, 0.5) is 11.4 Å². The summed E-state index contributed by atoms with van der Waals surface area (Å²) in [5.41, 5.74) is 4.40. The molecule has 0 spiro atoms. The van der Waals surface area contributed by atoms with Crippen LogP contribution in [-0.4, -0.2) is 24.3 Å². The summed E-state index contributed by atoms with van der Waals surface area (Å²) in [7, 11) is 0. The van der Waals surface area contributed by atoms with Crippen molar-refractivity contribution in [1.82, 2.24) is 5.32 Å². The van der Waals surface area contributed by atoms with E-state index in [4.69, 9.17) is 0 Å². The van der Waals surface area contributed by atoms with Crippen molar-refractivity contribution in [2.24, 2.45) is 0 Å². The van der Waals surface area contributed by atoms with E-state index in [2.05, 4.69) is 16.0 Å². The molecule has 7 nitrogen and oxygen atoms in total. The summed E-state index contributed by atoms with van der Waals surface area (Å²) in [5.74, 6) is -0.672. The summed E-state index contributed by atoms with van der Waals surface area (Å²) in [6.07, 6.45) is 4.13. The SMILES string of the molecule is Cc1ccc(C(=O)Nc2cccc(NC(=O)C[n+]3cccc(C(=O)NCCc4ccccc4)c3)c2)cc1. The molecule has 0 aliphatic rings. The van der Waals surface area contributed by atoms with Gasteiger partial charge in [0.25, 0.3) is 17.7 Å². The third kappa shape index (κ3) is 7.60. The fourth-order valence-electron chi connectivity index (χ4n) is 3.77. The minimum absolute atomic E-state index is 0.0328. The quantitative estimate of drug-likeness (QED) is 0.306. The maximum Gasteiger partial charge on any atom is 0.290 e. The van der Waals surface area contributed by atoms with Crippen molar-refractivity contribution in [3.8, 4) is 0 Å². The zero-order valence-corrected chi connectivity index (χ0v) is 20.6. The molecule has 0 atom stereocenters. The van der Waals surface area contributed by atoms with E-state index in [-0.39, 0.29) is 24.3 Å². The number of nitrogens with zero attached hydrogens (tertiary/aromatic N) is 1. The summed E-state index contributed by atoms with van der Waals surface area (Å²) in [4.78, 5) is 37.7. The van der Waals surface area contributed by atoms with Gasteiger partial charge in [-0.1, -0.05) is 54.1 Å². The van der Waals surface area contributed by atoms with Crippen LogP contribution in [0, 0.1) is 6.92 Å². The molecule has 4 aromatic rings. The molecule has 186 valence electrons. The molecule has 0 aliphatic carbocycles. The standard InChI is InChI=1S/C30H28N4O3/c1-22-12-14-24(15-13-22)30(37)33-27-11-5-10-26(19-27)32-28(35)21-34-18-6-9-25(20-34)29(36)31-17-16-23-7-3-2-4-8-23/h2-15,18-20H,16-17,21H2,1H3,(H2-,31,32,33,35,36,37)/p+1. The van der Waals surface area contributed by atoms with Gasteiger partial charge in [0.1, 0.15) is 5.56 Å². The Bertz CT molecular complexity index is 1390. The zero-order chi connectivity index (χ0) is 26.0. The summed E-state index contributed by atoms with van der Waals surface area (Å²) < 4.78 is 1.66. The van der Waals surface area contributed by atoms with E-state index in [1.165, 1.54) is 0 Å². The lowest BCUT2D eigenvalue weighted by molar-refractivity contribution is -0.684. The first-order chi connectivity index (χ1) is 18.0. The van der Waals surface area contributed by atoms with Crippen molar-refractivity contribution in [3.63, 3.8) is 0 Å². The van der Waals surface area contributed by atoms with Crippen molar-refractivity contribution in [3.05, 3.63) is 126 Å². The van der Waals surface area contributed by atoms with Gasteiger partial charge in [-0.15, -0.1) is 0 Å². The van der Waals surface area contributed by atoms with E-state index in [1.807, 2.05) is 49.4 Å². The number of pyridine rings is 1. The van der Waals surface area contributed by atoms with Gasteiger partial charge in [0.15, 0.2) is 12.4 Å². The Morgan fingerprint density at radius 3 is 2.22 bits per heavy atom. The van der Waals surface area contributed by atoms with Gasteiger partial charge in [-0.05, 0) is 55.3 Å². The minimum Gasteiger partial charge on any atom is -0.352 e. The first-order valence-electron chi connectivity index (χ1n) is 12.1. The third-order valence-corrected chi connectivity index (χ3v) is 5.71. The fourth-order valence-corrected chi connectivity index (χ4v) is 3.77. The summed E-state index contributed by atoms with van der Waals surface area (Å²) in [5, 5.41) is 8.61. The highest BCUT2D eigenvalue weighted by Gasteiger charge is 2.14. The second-order valence-corrected chi connectivity index (χ2v) is 8.71. The van der Waals surface area contributed by atoms with Gasteiger partial charge in [0.05, 0.1) is 0 Å². The van der Waals surface area contributed by atoms with Crippen molar-refractivity contribution >= 4 is 29.1 Å². The van der Waals surface area contributed by atoms with E-state index in [0.717, 1.165) is 17.5 Å². The molecule has 1 heterocycles. The smallest absolute Gasteiger partial charge is 0.290 e. The number of benzene rings is 3. The molecular formula is C30H29N4O3+. The zero-order valence-electron chi connectivity index (χ0n) is 20.6. The van der Waals surface area contributed by atoms with E-state index in [1.54, 1.807) is 65.5 Å². The van der Waals surface area contributed by atoms with Crippen LogP contribution in [0.5, 0.6) is 0 Å². The van der Waals surface area contributed by atoms with Gasteiger partial charge in [-0.3, -0.25) is 14.4 Å². The molecule has 0 fully saturated rings. The van der Waals surface area contributed by atoms with E-state index in [9.17, 15) is 14.4 Å². The topological polar surface area (TPSA) is 91.2 Å². The highest BCUT2D eigenvalue weighted by Crippen LogP contribution is 2.16. The Hall–Kier alpha value is -4.78. The third-order valence-electron chi connectivity index (χ3n) is 5.71. The molecule has 0 unspecified atom stereocenters. The lowest BCUT2D eigenvalue weighted by Crippen LogP contribution is -2.41. The van der Waals surface area contributed by atoms with E-state index in [0.29, 0.717) is 29.0 Å². The first-order valence-corrected chi connectivity index (χ1v) is 12.1. The van der Waals surface area contributed by atoms with Crippen LogP contribution < -0.4 is 20.5 Å². The molecule has 1 aromatic heterocycles. The van der Waals surface area contributed by atoms with Crippen molar-refractivity contribution in [1.29, 1.82) is 0 Å². The van der Waals surface area contributed by atoms with Gasteiger partial charge < -0.3 is 16.0 Å². The Morgan fingerprint density at radius 2 is 1.46 bits per heavy atom. The highest BCUT2D eigenvalue weighted by atomic mass is 16.2. The lowest BCUT2D eigenvalue weighted by Gasteiger charge is -2.09. The number of aromatic nitrogens is 1. The number of hydrogen-bond donors (Lipinski definition) is 3. The molecule has 0 radical (unpaired) electrons. The van der Waals surface area contributed by atoms with Crippen LogP contribution in [0.25, 0.3) is 0 Å². The lowest BCUT2D eigenvalue weighted by atomic mass is 10.1. The predicted octanol–water partition coefficient (Wildman–Crippen LogP) is 4.15. The molecule has 3 aromatic carbocycles. The number of anilines is 2. The van der Waals surface area contributed by atoms with Crippen LogP contribution in [0.1, 0.15) is 31.8 Å². The van der Waals surface area contributed by atoms with Gasteiger partial charge in [-0.2, -0.15) is 4.57 Å². The maximum atomic E-state index is 12.7. The second kappa shape index (κ2) is 12.3. The summed E-state index contributed by atoms with van der Waals surface area (Å²) >= 11 is 0. The number of carbonyl (C=O) groups excluding carboxylic acids is 3. The number of aryl methyl sites for hydroxylation is 1. The first kappa shape index (κ1) is 25.3. The fraction of sp³-hybridized carbons (Fsp3) is 0.133. The van der Waals surface area contributed by atoms with Crippen LogP contribution in [0.3, 0.4) is 0 Å². The Kier molecular flexibility index (Phi) is 8.39. The monoisotopic (exact) mass is 493 g/mol. The number of nitrogens with one attached hydrogen (secondary N) is 3. The summed E-state index contributed by atoms with van der Waals surface area (Å²) in [6.45, 7) is 2.52. The summed E-state index contributed by atoms with van der Waals surface area (Å²) in [6, 6.07) is 27.7. The van der Waals surface area contributed by atoms with Gasteiger partial charge >= 0.3 is 0 Å². The van der Waals surface area contributed by atoms with Crippen LogP contribution >= 0.6 is 0 Å². The average Bonchev–Trinajstić information content (AvgIpc) is 2.90. The molecular weight excluding hydrogens is 464 g/mol. The Labute approximate surface area is 216 Å². The van der Waals surface area contributed by atoms with Crippen molar-refractivity contribution in [2.75, 3.05) is 17.2 Å². The van der Waals surface area contributed by atoms with Gasteiger partial charge in [0.2, 0.25) is 6.54 Å². The molecule has 0 bridgehead atoms. The van der Waals surface area contributed by atoms with Crippen molar-refractivity contribution < 1.29 is 19.0 Å². The molecule has 37 heavy (non-hydrogen) atoms. The number of carbonyl (C=O) groups is 3. The molecule has 4 rings (SSSR count). The Balaban J connectivity index is 1.30. The minimum atomic E-state index is -0.256.